The molecule has 1 aliphatic rings. The average molecular weight is 124 g/mol. The maximum atomic E-state index is 9.80. The fourth-order valence-electron chi connectivity index (χ4n) is 0.182. The van der Waals surface area contributed by atoms with Crippen molar-refractivity contribution in [1.82, 2.24) is 0 Å². The number of halogens is 1. The maximum absolute atomic E-state index is 9.80. The van der Waals surface area contributed by atoms with Crippen LogP contribution in [0.15, 0.2) is 0 Å². The van der Waals surface area contributed by atoms with Crippen molar-refractivity contribution in [1.29, 1.82) is 0 Å². The lowest BCUT2D eigenvalue weighted by atomic mass is 11.0. The van der Waals surface area contributed by atoms with E-state index in [1.165, 1.54) is 0 Å². The van der Waals surface area contributed by atoms with E-state index in [0.29, 0.717) is 11.7 Å². The summed E-state index contributed by atoms with van der Waals surface area (Å²) >= 11 is 5.99. The molecule has 1 nitrogen and oxygen atoms in total. The highest BCUT2D eigenvalue weighted by molar-refractivity contribution is 7.69. The Kier molecular flexibility index (Phi) is 0.848. The Labute approximate surface area is 45.2 Å². The van der Waals surface area contributed by atoms with Crippen LogP contribution in [0.25, 0.3) is 0 Å². The first-order valence-electron chi connectivity index (χ1n) is 1.77. The van der Waals surface area contributed by atoms with E-state index >= 15 is 0 Å². The van der Waals surface area contributed by atoms with Crippen LogP contribution in [0.4, 0.5) is 0 Å². The molecule has 0 atom stereocenters. The third-order valence-corrected chi connectivity index (χ3v) is 2.07. The summed E-state index contributed by atoms with van der Waals surface area (Å²) in [5.74, 6) is 0. The lowest BCUT2D eigenvalue weighted by molar-refractivity contribution is 0.603. The summed E-state index contributed by atoms with van der Waals surface area (Å²) in [6.07, 6.45) is 1.78. The van der Waals surface area contributed by atoms with Gasteiger partial charge in [0.25, 0.3) is 0 Å². The number of hydrogen-bond acceptors (Lipinski definition) is 1. The largest absolute Gasteiger partial charge is 0.482 e. The molecule has 1 fully saturated rings. The van der Waals surface area contributed by atoms with Crippen molar-refractivity contribution >= 4 is 23.3 Å². The van der Waals surface area contributed by atoms with Crippen LogP contribution in [0, 0.1) is 0 Å². The minimum Gasteiger partial charge on any atom is -0.0462 e. The molecule has 0 spiro atoms. The quantitative estimate of drug-likeness (QED) is 0.378. The van der Waals surface area contributed by atoms with Crippen LogP contribution in [0.3, 0.4) is 0 Å². The lowest BCUT2D eigenvalue weighted by Crippen LogP contribution is -1.88. The van der Waals surface area contributed by atoms with Crippen molar-refractivity contribution in [2.45, 2.75) is 17.0 Å². The van der Waals surface area contributed by atoms with Crippen LogP contribution in [0.5, 0.6) is 0 Å². The molecule has 34 valence electrons. The zero-order valence-corrected chi connectivity index (χ0v) is 4.68. The van der Waals surface area contributed by atoms with E-state index in [2.05, 4.69) is 0 Å². The molecule has 1 aliphatic carbocycles. The Bertz CT molecular complexity index is 78.9. The van der Waals surface area contributed by atoms with Crippen LogP contribution in [-0.4, -0.2) is 4.21 Å². The van der Waals surface area contributed by atoms with Gasteiger partial charge in [-0.3, -0.25) is 0 Å². The van der Waals surface area contributed by atoms with Gasteiger partial charge in [0.05, 0.1) is 0 Å². The molecule has 0 unspecified atom stereocenters. The molecule has 0 N–H and O–H groups in total. The monoisotopic (exact) mass is 123 g/mol. The van der Waals surface area contributed by atoms with E-state index in [1.807, 2.05) is 0 Å². The third-order valence-electron chi connectivity index (χ3n) is 0.792. The predicted octanol–water partition coefficient (Wildman–Crippen LogP) is 1.14. The highest BCUT2D eigenvalue weighted by atomic mass is 35.5. The van der Waals surface area contributed by atoms with Crippen molar-refractivity contribution in [2.24, 2.45) is 0 Å². The van der Waals surface area contributed by atoms with Gasteiger partial charge in [-0.1, -0.05) is 0 Å². The first-order chi connectivity index (χ1) is 2.77. The molecule has 0 aliphatic heterocycles. The standard InChI is InChI=1S/C3H4ClOS/c4-3(6-5)1-2-3/h1-2H2/q+1. The third kappa shape index (κ3) is 0.684. The van der Waals surface area contributed by atoms with E-state index in [9.17, 15) is 4.21 Å². The second kappa shape index (κ2) is 1.14. The fraction of sp³-hybridized carbons (Fsp3) is 1.00. The molecule has 0 aromatic rings. The Morgan fingerprint density at radius 1 is 1.67 bits per heavy atom. The normalized spacial score (nSPS) is 26.2. The molecular formula is C3H4ClOS+. The van der Waals surface area contributed by atoms with Crippen molar-refractivity contribution in [3.05, 3.63) is 0 Å². The van der Waals surface area contributed by atoms with Gasteiger partial charge in [0.15, 0.2) is 0 Å². The zero-order chi connectivity index (χ0) is 4.62. The second-order valence-electron chi connectivity index (χ2n) is 1.47. The first kappa shape index (κ1) is 4.47. The van der Waals surface area contributed by atoms with E-state index in [-0.39, 0.29) is 4.21 Å². The minimum atomic E-state index is -0.375. The molecule has 0 saturated heterocycles. The molecule has 6 heavy (non-hydrogen) atoms. The number of rotatable bonds is 1. The van der Waals surface area contributed by atoms with Gasteiger partial charge in [0, 0.05) is 17.1 Å². The second-order valence-corrected chi connectivity index (χ2v) is 3.36. The minimum absolute atomic E-state index is 0.375. The topological polar surface area (TPSA) is 17.1 Å². The summed E-state index contributed by atoms with van der Waals surface area (Å²) in [4.78, 5) is 0. The van der Waals surface area contributed by atoms with Gasteiger partial charge in [-0.25, -0.2) is 0 Å². The smallest absolute Gasteiger partial charge is 0.0462 e. The highest BCUT2D eigenvalue weighted by Gasteiger charge is 2.56. The van der Waals surface area contributed by atoms with E-state index in [1.54, 1.807) is 0 Å². The van der Waals surface area contributed by atoms with Crippen molar-refractivity contribution in [3.63, 3.8) is 0 Å². The molecule has 0 bridgehead atoms. The van der Waals surface area contributed by atoms with Gasteiger partial charge in [-0.2, -0.15) is 0 Å². The maximum Gasteiger partial charge on any atom is 0.482 e. The Hall–Kier alpha value is 0.310. The molecule has 3 heteroatoms. The Balaban J connectivity index is 2.47. The van der Waals surface area contributed by atoms with Crippen molar-refractivity contribution in [2.75, 3.05) is 0 Å². The molecular weight excluding hydrogens is 120 g/mol. The molecule has 0 radical (unpaired) electrons. The average Bonchev–Trinajstić information content (AvgIpc) is 2.22. The molecule has 0 amide bonds. The summed E-state index contributed by atoms with van der Waals surface area (Å²) in [7, 11) is 0. The summed E-state index contributed by atoms with van der Waals surface area (Å²) in [6.45, 7) is 0. The predicted molar refractivity (Wildman–Crippen MR) is 25.9 cm³/mol. The highest BCUT2D eigenvalue weighted by Crippen LogP contribution is 2.41. The van der Waals surface area contributed by atoms with Crippen LogP contribution in [-0.2, 0) is 15.9 Å². The van der Waals surface area contributed by atoms with Crippen LogP contribution < -0.4 is 0 Å². The summed E-state index contributed by atoms with van der Waals surface area (Å²) < 4.78 is 9.42. The lowest BCUT2D eigenvalue weighted by Gasteiger charge is -1.62. The number of alkyl halides is 1. The van der Waals surface area contributed by atoms with Crippen LogP contribution in [0.1, 0.15) is 12.8 Å². The first-order valence-corrected chi connectivity index (χ1v) is 2.89. The van der Waals surface area contributed by atoms with Gasteiger partial charge in [-0.05, 0) is 11.6 Å². The Morgan fingerprint density at radius 2 is 2.17 bits per heavy atom. The summed E-state index contributed by atoms with van der Waals surface area (Å²) in [5, 5.41) is 0. The van der Waals surface area contributed by atoms with Gasteiger partial charge >= 0.3 is 15.9 Å². The van der Waals surface area contributed by atoms with E-state index in [4.69, 9.17) is 11.6 Å². The van der Waals surface area contributed by atoms with Gasteiger partial charge < -0.3 is 0 Å². The van der Waals surface area contributed by atoms with E-state index < -0.39 is 0 Å². The fourth-order valence-corrected chi connectivity index (χ4v) is 0.545. The van der Waals surface area contributed by atoms with Gasteiger partial charge in [0.1, 0.15) is 0 Å². The Morgan fingerprint density at radius 3 is 2.17 bits per heavy atom. The summed E-state index contributed by atoms with van der Waals surface area (Å²) in [5.41, 5.74) is 0. The van der Waals surface area contributed by atoms with Crippen molar-refractivity contribution < 1.29 is 4.21 Å². The zero-order valence-electron chi connectivity index (χ0n) is 3.11. The molecule has 1 rings (SSSR count). The summed E-state index contributed by atoms with van der Waals surface area (Å²) in [6, 6.07) is 0. The molecule has 1 saturated carbocycles. The SMILES string of the molecule is O=[S+]C1(Cl)CC1. The van der Waals surface area contributed by atoms with Gasteiger partial charge in [-0.15, -0.1) is 0 Å². The molecule has 0 heterocycles. The molecule has 0 aromatic carbocycles. The number of hydrogen-bond donors (Lipinski definition) is 0. The molecule has 0 aromatic heterocycles. The van der Waals surface area contributed by atoms with Gasteiger partial charge in [0.2, 0.25) is 0 Å². The van der Waals surface area contributed by atoms with Crippen LogP contribution in [0.2, 0.25) is 0 Å². The van der Waals surface area contributed by atoms with Crippen LogP contribution >= 0.6 is 11.6 Å². The van der Waals surface area contributed by atoms with Crippen molar-refractivity contribution in [3.8, 4) is 0 Å². The van der Waals surface area contributed by atoms with E-state index in [0.717, 1.165) is 12.8 Å².